The highest BCUT2D eigenvalue weighted by Crippen LogP contribution is 2.33. The molecule has 2 aliphatic rings. The first-order valence-corrected chi connectivity index (χ1v) is 19.9. The SMILES string of the molecule is CCC(CCN(C)C)C(=O)N1CCN(C(=O)c2ccc(NC(=O)c3ncc(-c4ccc(-c5cn(CC(=O)NC6CCCCO6)nc5C)c(F)c4F)n3C)cc2Cl)CC1. The Kier molecular flexibility index (Phi) is 13.6. The van der Waals surface area contributed by atoms with Crippen molar-refractivity contribution in [1.82, 2.24) is 39.3 Å². The minimum Gasteiger partial charge on any atom is -0.359 e. The number of imidazole rings is 1. The highest BCUT2D eigenvalue weighted by atomic mass is 35.5. The molecular weight excluding hydrogens is 772 g/mol. The van der Waals surface area contributed by atoms with Crippen molar-refractivity contribution in [3.8, 4) is 22.4 Å². The van der Waals surface area contributed by atoms with Gasteiger partial charge in [-0.05, 0) is 83.9 Å². The number of aromatic nitrogens is 4. The molecule has 6 rings (SSSR count). The van der Waals surface area contributed by atoms with E-state index in [2.05, 4.69) is 25.6 Å². The molecule has 2 aromatic heterocycles. The van der Waals surface area contributed by atoms with E-state index in [1.165, 1.54) is 53.0 Å². The number of hydrogen-bond donors (Lipinski definition) is 2. The maximum atomic E-state index is 15.7. The predicted octanol–water partition coefficient (Wildman–Crippen LogP) is 5.35. The molecule has 17 heteroatoms. The van der Waals surface area contributed by atoms with Crippen molar-refractivity contribution < 1.29 is 32.7 Å². The molecule has 4 heterocycles. The van der Waals surface area contributed by atoms with Crippen LogP contribution in [0.15, 0.2) is 42.7 Å². The molecule has 58 heavy (non-hydrogen) atoms. The molecule has 0 bridgehead atoms. The minimum atomic E-state index is -1.14. The van der Waals surface area contributed by atoms with Gasteiger partial charge in [-0.15, -0.1) is 0 Å². The first-order valence-electron chi connectivity index (χ1n) is 19.5. The number of halogens is 3. The van der Waals surface area contributed by atoms with Crippen molar-refractivity contribution in [2.45, 2.75) is 58.7 Å². The summed E-state index contributed by atoms with van der Waals surface area (Å²) in [6.45, 7) is 6.58. The van der Waals surface area contributed by atoms with E-state index < -0.39 is 17.5 Å². The number of ether oxygens (including phenoxy) is 1. The number of nitrogens with zero attached hydrogens (tertiary/aromatic N) is 7. The average Bonchev–Trinajstić information content (AvgIpc) is 3.76. The summed E-state index contributed by atoms with van der Waals surface area (Å²) >= 11 is 6.55. The van der Waals surface area contributed by atoms with E-state index >= 15 is 8.78 Å². The fourth-order valence-electron chi connectivity index (χ4n) is 7.34. The van der Waals surface area contributed by atoms with Gasteiger partial charge in [0, 0.05) is 74.3 Å². The second-order valence-corrected chi connectivity index (χ2v) is 15.4. The van der Waals surface area contributed by atoms with Crippen LogP contribution < -0.4 is 10.6 Å². The summed E-state index contributed by atoms with van der Waals surface area (Å²) in [4.78, 5) is 62.2. The van der Waals surface area contributed by atoms with Crippen molar-refractivity contribution in [2.75, 3.05) is 58.7 Å². The standard InChI is InChI=1S/C41H50ClF2N9O5/c1-6-26(14-15-49(3)4)40(56)51-16-18-52(19-17-51)41(57)29-11-10-27(21-32(29)42)46-39(55)38-45-22-33(50(38)5)30-13-12-28(36(43)37(30)44)31-23-53(48-25(31)2)24-34(54)47-35-9-7-8-20-58-35/h10-13,21-23,26,35H,6-9,14-20,24H2,1-5H3,(H,46,55)(H,47,54). The van der Waals surface area contributed by atoms with Gasteiger partial charge in [-0.3, -0.25) is 23.9 Å². The van der Waals surface area contributed by atoms with Gasteiger partial charge in [0.2, 0.25) is 11.8 Å². The van der Waals surface area contributed by atoms with Crippen LogP contribution in [0.5, 0.6) is 0 Å². The molecule has 310 valence electrons. The highest BCUT2D eigenvalue weighted by molar-refractivity contribution is 6.34. The molecule has 2 aliphatic heterocycles. The van der Waals surface area contributed by atoms with Crippen molar-refractivity contribution in [1.29, 1.82) is 0 Å². The second-order valence-electron chi connectivity index (χ2n) is 15.0. The van der Waals surface area contributed by atoms with Crippen LogP contribution in [0, 0.1) is 24.5 Å². The minimum absolute atomic E-state index is 0.0337. The molecule has 0 saturated carbocycles. The Morgan fingerprint density at radius 1 is 1.00 bits per heavy atom. The fourth-order valence-corrected chi connectivity index (χ4v) is 7.61. The Bertz CT molecular complexity index is 2160. The molecule has 2 fully saturated rings. The van der Waals surface area contributed by atoms with Gasteiger partial charge in [-0.25, -0.2) is 13.8 Å². The number of hydrogen-bond acceptors (Lipinski definition) is 8. The first kappa shape index (κ1) is 42.4. The van der Waals surface area contributed by atoms with E-state index in [0.29, 0.717) is 49.7 Å². The van der Waals surface area contributed by atoms with Crippen LogP contribution in [-0.2, 0) is 27.9 Å². The molecule has 2 N–H and O–H groups in total. The maximum absolute atomic E-state index is 15.7. The largest absolute Gasteiger partial charge is 0.359 e. The van der Waals surface area contributed by atoms with Crippen LogP contribution in [0.3, 0.4) is 0 Å². The summed E-state index contributed by atoms with van der Waals surface area (Å²) in [5.74, 6) is -3.50. The molecule has 14 nitrogen and oxygen atoms in total. The third kappa shape index (κ3) is 9.56. The monoisotopic (exact) mass is 821 g/mol. The lowest BCUT2D eigenvalue weighted by Crippen LogP contribution is -2.52. The number of amides is 4. The number of aryl methyl sites for hydroxylation is 1. The maximum Gasteiger partial charge on any atom is 0.291 e. The quantitative estimate of drug-likeness (QED) is 0.184. The zero-order valence-corrected chi connectivity index (χ0v) is 34.2. The van der Waals surface area contributed by atoms with E-state index in [1.807, 2.05) is 25.9 Å². The number of anilines is 1. The van der Waals surface area contributed by atoms with Gasteiger partial charge >= 0.3 is 0 Å². The molecule has 2 unspecified atom stereocenters. The lowest BCUT2D eigenvalue weighted by molar-refractivity contribution is -0.137. The number of piperazine rings is 1. The van der Waals surface area contributed by atoms with Gasteiger partial charge in [-0.1, -0.05) is 24.6 Å². The first-order chi connectivity index (χ1) is 27.7. The van der Waals surface area contributed by atoms with Crippen molar-refractivity contribution in [3.05, 3.63) is 76.5 Å². The molecular formula is C41H50ClF2N9O5. The molecule has 4 aromatic rings. The van der Waals surface area contributed by atoms with Gasteiger partial charge in [0.05, 0.1) is 28.2 Å². The van der Waals surface area contributed by atoms with E-state index in [1.54, 1.807) is 17.9 Å². The van der Waals surface area contributed by atoms with E-state index in [0.717, 1.165) is 38.6 Å². The Balaban J connectivity index is 1.07. The predicted molar refractivity (Wildman–Crippen MR) is 215 cm³/mol. The van der Waals surface area contributed by atoms with Crippen molar-refractivity contribution in [3.63, 3.8) is 0 Å². The third-order valence-electron chi connectivity index (χ3n) is 10.7. The summed E-state index contributed by atoms with van der Waals surface area (Å²) < 4.78 is 39.7. The van der Waals surface area contributed by atoms with E-state index in [4.69, 9.17) is 16.3 Å². The van der Waals surface area contributed by atoms with Gasteiger partial charge in [0.25, 0.3) is 11.8 Å². The van der Waals surface area contributed by atoms with Crippen LogP contribution in [-0.4, -0.2) is 117 Å². The number of nitrogens with one attached hydrogen (secondary N) is 2. The van der Waals surface area contributed by atoms with E-state index in [9.17, 15) is 19.2 Å². The van der Waals surface area contributed by atoms with Gasteiger partial charge in [0.15, 0.2) is 17.5 Å². The molecule has 2 aromatic carbocycles. The molecule has 0 spiro atoms. The molecule has 0 aliphatic carbocycles. The van der Waals surface area contributed by atoms with Crippen LogP contribution in [0.25, 0.3) is 22.4 Å². The fraction of sp³-hybridized carbons (Fsp3) is 0.463. The Morgan fingerprint density at radius 3 is 2.38 bits per heavy atom. The lowest BCUT2D eigenvalue weighted by atomic mass is 10.00. The summed E-state index contributed by atoms with van der Waals surface area (Å²) in [6.07, 6.45) is 6.60. The zero-order valence-electron chi connectivity index (χ0n) is 33.5. The summed E-state index contributed by atoms with van der Waals surface area (Å²) in [6, 6.07) is 7.36. The third-order valence-corrected chi connectivity index (χ3v) is 11.0. The molecule has 0 radical (unpaired) electrons. The van der Waals surface area contributed by atoms with Crippen LogP contribution >= 0.6 is 11.6 Å². The number of carbonyl (C=O) groups is 4. The normalized spacial score (nSPS) is 16.4. The van der Waals surface area contributed by atoms with Crippen molar-refractivity contribution >= 4 is 40.9 Å². The highest BCUT2D eigenvalue weighted by Gasteiger charge is 2.30. The number of rotatable bonds is 13. The lowest BCUT2D eigenvalue weighted by Gasteiger charge is -2.36. The van der Waals surface area contributed by atoms with Gasteiger partial charge in [0.1, 0.15) is 12.8 Å². The molecule has 4 amide bonds. The van der Waals surface area contributed by atoms with Crippen molar-refractivity contribution in [2.24, 2.45) is 13.0 Å². The van der Waals surface area contributed by atoms with Crippen LogP contribution in [0.4, 0.5) is 14.5 Å². The van der Waals surface area contributed by atoms with Gasteiger partial charge < -0.3 is 34.6 Å². The van der Waals surface area contributed by atoms with Crippen LogP contribution in [0.2, 0.25) is 5.02 Å². The zero-order chi connectivity index (χ0) is 41.7. The van der Waals surface area contributed by atoms with Gasteiger partial charge in [-0.2, -0.15) is 5.10 Å². The average molecular weight is 822 g/mol. The summed E-state index contributed by atoms with van der Waals surface area (Å²) in [5, 5.41) is 10.00. The number of benzene rings is 2. The second kappa shape index (κ2) is 18.6. The summed E-state index contributed by atoms with van der Waals surface area (Å²) in [5.41, 5.74) is 1.30. The number of carbonyl (C=O) groups excluding carboxylic acids is 4. The topological polar surface area (TPSA) is 147 Å². The smallest absolute Gasteiger partial charge is 0.291 e. The molecule has 2 atom stereocenters. The van der Waals surface area contributed by atoms with Crippen LogP contribution in [0.1, 0.15) is 65.7 Å². The summed E-state index contributed by atoms with van der Waals surface area (Å²) in [7, 11) is 5.48. The Morgan fingerprint density at radius 2 is 1.71 bits per heavy atom. The van der Waals surface area contributed by atoms with E-state index in [-0.39, 0.29) is 69.6 Å². The molecule has 2 saturated heterocycles. The Hall–Kier alpha value is -5.19. The Labute approximate surface area is 341 Å².